The molecular weight excluding hydrogens is 416 g/mol. The van der Waals surface area contributed by atoms with E-state index in [-0.39, 0.29) is 17.1 Å². The number of carbonyl (C=O) groups excluding carboxylic acids is 1. The number of carbonyl (C=O) groups is 1. The van der Waals surface area contributed by atoms with Crippen molar-refractivity contribution in [2.45, 2.75) is 5.16 Å². The van der Waals surface area contributed by atoms with Gasteiger partial charge in [0.05, 0.1) is 11.8 Å². The molecule has 0 atom stereocenters. The van der Waals surface area contributed by atoms with E-state index in [1.54, 1.807) is 22.2 Å². The Morgan fingerprint density at radius 3 is 2.73 bits per heavy atom. The fraction of sp³-hybridized carbons (Fsp3) is 0. The smallest absolute Gasteiger partial charge is 0.216 e. The summed E-state index contributed by atoms with van der Waals surface area (Å²) in [6, 6.07) is 14.3. The van der Waals surface area contributed by atoms with Crippen LogP contribution in [0.25, 0.3) is 11.4 Å². The number of halogens is 1. The molecule has 1 aromatic heterocycles. The summed E-state index contributed by atoms with van der Waals surface area (Å²) in [4.78, 5) is 12.8. The van der Waals surface area contributed by atoms with E-state index >= 15 is 0 Å². The molecule has 0 unspecified atom stereocenters. The van der Waals surface area contributed by atoms with Gasteiger partial charge in [0.15, 0.2) is 11.6 Å². The van der Waals surface area contributed by atoms with Crippen LogP contribution >= 0.6 is 27.7 Å². The monoisotopic (exact) mass is 426 g/mol. The van der Waals surface area contributed by atoms with Gasteiger partial charge in [0, 0.05) is 15.6 Å². The minimum Gasteiger partial charge on any atom is -0.507 e. The molecule has 0 saturated carbocycles. The maximum Gasteiger partial charge on any atom is 0.216 e. The number of aromatic hydroxyl groups is 1. The first kappa shape index (κ1) is 16.7. The Bertz CT molecular complexity index is 1060. The Kier molecular flexibility index (Phi) is 4.44. The van der Waals surface area contributed by atoms with Crippen LogP contribution in [0.5, 0.6) is 5.75 Å². The predicted molar refractivity (Wildman–Crippen MR) is 103 cm³/mol. The number of Topliss-reactive ketones (excluding diaryl/α,β-unsaturated/α-hetero) is 1. The molecule has 3 aromatic rings. The van der Waals surface area contributed by atoms with Gasteiger partial charge in [-0.15, -0.1) is 10.2 Å². The Hall–Kier alpha value is -2.71. The molecule has 0 amide bonds. The van der Waals surface area contributed by atoms with Crippen molar-refractivity contribution in [1.82, 2.24) is 14.9 Å². The first-order valence-electron chi connectivity index (χ1n) is 7.59. The third-order valence-corrected chi connectivity index (χ3v) is 5.04. The Labute approximate surface area is 161 Å². The lowest BCUT2D eigenvalue weighted by atomic mass is 10.0. The van der Waals surface area contributed by atoms with Crippen molar-refractivity contribution in [3.05, 3.63) is 69.5 Å². The van der Waals surface area contributed by atoms with E-state index in [1.807, 2.05) is 30.3 Å². The molecule has 4 rings (SSSR count). The lowest BCUT2D eigenvalue weighted by molar-refractivity contribution is 0.103. The lowest BCUT2D eigenvalue weighted by Gasteiger charge is -2.04. The average molecular weight is 427 g/mol. The molecule has 0 bridgehead atoms. The topological polar surface area (TPSA) is 80.4 Å². The largest absolute Gasteiger partial charge is 0.507 e. The quantitative estimate of drug-likeness (QED) is 0.637. The van der Waals surface area contributed by atoms with Gasteiger partial charge in [-0.05, 0) is 23.6 Å². The minimum atomic E-state index is -0.319. The van der Waals surface area contributed by atoms with Crippen LogP contribution in [-0.4, -0.2) is 32.0 Å². The fourth-order valence-electron chi connectivity index (χ4n) is 2.43. The van der Waals surface area contributed by atoms with Gasteiger partial charge in [-0.2, -0.15) is 9.78 Å². The molecule has 1 aliphatic rings. The highest BCUT2D eigenvalue weighted by Crippen LogP contribution is 2.29. The highest BCUT2D eigenvalue weighted by Gasteiger charge is 2.20. The Morgan fingerprint density at radius 2 is 1.92 bits per heavy atom. The fourth-order valence-corrected chi connectivity index (χ4v) is 3.52. The normalized spacial score (nSPS) is 13.0. The van der Waals surface area contributed by atoms with Crippen LogP contribution in [-0.2, 0) is 0 Å². The zero-order valence-corrected chi connectivity index (χ0v) is 15.6. The molecule has 6 nitrogen and oxygen atoms in total. The van der Waals surface area contributed by atoms with E-state index in [9.17, 15) is 9.90 Å². The maximum atomic E-state index is 12.8. The van der Waals surface area contributed by atoms with E-state index in [4.69, 9.17) is 0 Å². The number of hydrogen-bond donors (Lipinski definition) is 1. The van der Waals surface area contributed by atoms with Crippen LogP contribution in [0, 0.1) is 0 Å². The number of phenolic OH excluding ortho intramolecular Hbond substituents is 1. The Balaban J connectivity index is 1.69. The molecule has 0 aliphatic carbocycles. The molecule has 0 spiro atoms. The number of benzene rings is 2. The number of thioether (sulfide) groups is 1. The molecule has 0 radical (unpaired) electrons. The molecule has 8 heteroatoms. The van der Waals surface area contributed by atoms with Gasteiger partial charge in [0.25, 0.3) is 0 Å². The van der Waals surface area contributed by atoms with Crippen molar-refractivity contribution in [1.29, 1.82) is 0 Å². The molecule has 2 aromatic carbocycles. The van der Waals surface area contributed by atoms with Gasteiger partial charge in [0.1, 0.15) is 5.75 Å². The van der Waals surface area contributed by atoms with Crippen LogP contribution in [0.4, 0.5) is 0 Å². The van der Waals surface area contributed by atoms with Gasteiger partial charge < -0.3 is 5.11 Å². The van der Waals surface area contributed by atoms with Gasteiger partial charge in [-0.25, -0.2) is 0 Å². The molecule has 1 N–H and O–H groups in total. The number of phenols is 1. The van der Waals surface area contributed by atoms with Crippen LogP contribution in [0.1, 0.15) is 10.4 Å². The van der Waals surface area contributed by atoms with Crippen molar-refractivity contribution in [2.75, 3.05) is 0 Å². The lowest BCUT2D eigenvalue weighted by Crippen LogP contribution is -2.05. The second kappa shape index (κ2) is 6.89. The van der Waals surface area contributed by atoms with Gasteiger partial charge in [0.2, 0.25) is 5.16 Å². The zero-order valence-electron chi connectivity index (χ0n) is 13.2. The summed E-state index contributed by atoms with van der Waals surface area (Å²) in [6.07, 6.45) is 1.46. The van der Waals surface area contributed by atoms with Gasteiger partial charge in [-0.3, -0.25) is 4.79 Å². The first-order chi connectivity index (χ1) is 12.6. The highest BCUT2D eigenvalue weighted by molar-refractivity contribution is 9.10. The summed E-state index contributed by atoms with van der Waals surface area (Å²) >= 11 is 4.57. The van der Waals surface area contributed by atoms with Crippen LogP contribution in [0.15, 0.2) is 74.2 Å². The number of fused-ring (bicyclic) bond motifs is 1. The first-order valence-corrected chi connectivity index (χ1v) is 9.26. The van der Waals surface area contributed by atoms with Crippen LogP contribution < -0.4 is 0 Å². The second-order valence-corrected chi connectivity index (χ2v) is 7.16. The number of rotatable bonds is 3. The van der Waals surface area contributed by atoms with Gasteiger partial charge >= 0.3 is 0 Å². The van der Waals surface area contributed by atoms with Crippen molar-refractivity contribution >= 4 is 39.7 Å². The summed E-state index contributed by atoms with van der Waals surface area (Å²) < 4.78 is 2.30. The summed E-state index contributed by atoms with van der Waals surface area (Å²) in [7, 11) is 0. The van der Waals surface area contributed by atoms with Crippen LogP contribution in [0.3, 0.4) is 0 Å². The summed E-state index contributed by atoms with van der Waals surface area (Å²) in [6.45, 7) is 0. The van der Waals surface area contributed by atoms with E-state index < -0.39 is 0 Å². The van der Waals surface area contributed by atoms with E-state index in [1.165, 1.54) is 24.0 Å². The molecule has 2 heterocycles. The summed E-state index contributed by atoms with van der Waals surface area (Å²) in [5, 5.41) is 24.9. The van der Waals surface area contributed by atoms with E-state index in [0.29, 0.717) is 21.0 Å². The minimum absolute atomic E-state index is 0.0777. The molecular formula is C18H11BrN4O2S. The third-order valence-electron chi connectivity index (χ3n) is 3.71. The van der Waals surface area contributed by atoms with E-state index in [0.717, 1.165) is 5.56 Å². The number of hydrogen-bond acceptors (Lipinski definition) is 6. The second-order valence-electron chi connectivity index (χ2n) is 5.41. The molecule has 0 saturated heterocycles. The standard InChI is InChI=1S/C18H11BrN4O2S/c19-13-6-7-15(24)14(8-13)16(25)12-9-20-23-17(11-4-2-1-3-5-11)21-22-18(23)26-10-12/h1-10,24H. The van der Waals surface area contributed by atoms with Crippen molar-refractivity contribution in [3.8, 4) is 17.1 Å². The summed E-state index contributed by atoms with van der Waals surface area (Å²) in [5.41, 5.74) is 1.44. The van der Waals surface area contributed by atoms with E-state index in [2.05, 4.69) is 31.2 Å². The number of ketones is 1. The molecule has 128 valence electrons. The molecule has 0 fully saturated rings. The molecule has 26 heavy (non-hydrogen) atoms. The van der Waals surface area contributed by atoms with Gasteiger partial charge in [-0.1, -0.05) is 58.0 Å². The zero-order chi connectivity index (χ0) is 18.1. The SMILES string of the molecule is O=C(C1=CSc2nnc(-c3ccccc3)n2N=C1)c1cc(Br)ccc1O. The average Bonchev–Trinajstić information content (AvgIpc) is 2.95. The van der Waals surface area contributed by atoms with Crippen molar-refractivity contribution in [2.24, 2.45) is 5.10 Å². The third kappa shape index (κ3) is 3.09. The van der Waals surface area contributed by atoms with Crippen molar-refractivity contribution < 1.29 is 9.90 Å². The number of allylic oxidation sites excluding steroid dienone is 1. The molecule has 1 aliphatic heterocycles. The Morgan fingerprint density at radius 1 is 1.12 bits per heavy atom. The number of nitrogens with zero attached hydrogens (tertiary/aromatic N) is 4. The number of aromatic nitrogens is 3. The summed E-state index contributed by atoms with van der Waals surface area (Å²) in [5.74, 6) is 0.197. The van der Waals surface area contributed by atoms with Crippen molar-refractivity contribution in [3.63, 3.8) is 0 Å². The van der Waals surface area contributed by atoms with Crippen LogP contribution in [0.2, 0.25) is 0 Å². The maximum absolute atomic E-state index is 12.8. The highest BCUT2D eigenvalue weighted by atomic mass is 79.9. The predicted octanol–water partition coefficient (Wildman–Crippen LogP) is 4.12.